The van der Waals surface area contributed by atoms with Crippen molar-refractivity contribution in [2.45, 2.75) is 37.3 Å². The number of rotatable bonds is 3. The zero-order valence-electron chi connectivity index (χ0n) is 16.9. The summed E-state index contributed by atoms with van der Waals surface area (Å²) in [6.07, 6.45) is 4.80. The second-order valence-electron chi connectivity index (χ2n) is 8.26. The van der Waals surface area contributed by atoms with Gasteiger partial charge in [-0.1, -0.05) is 12.1 Å². The minimum absolute atomic E-state index is 0.147. The molecule has 0 bridgehead atoms. The van der Waals surface area contributed by atoms with Crippen LogP contribution in [0.25, 0.3) is 5.65 Å². The summed E-state index contributed by atoms with van der Waals surface area (Å²) in [6.45, 7) is 1.43. The predicted octanol–water partition coefficient (Wildman–Crippen LogP) is 2.70. The van der Waals surface area contributed by atoms with Gasteiger partial charge in [0.1, 0.15) is 17.2 Å². The lowest BCUT2D eigenvalue weighted by Crippen LogP contribution is -2.55. The smallest absolute Gasteiger partial charge is 0.255 e. The average Bonchev–Trinajstić information content (AvgIpc) is 3.42. The molecule has 2 fully saturated rings. The molecule has 1 atom stereocenters. The van der Waals surface area contributed by atoms with Crippen LogP contribution in [-0.4, -0.2) is 55.7 Å². The number of aliphatic hydroxyl groups is 1. The van der Waals surface area contributed by atoms with E-state index in [1.54, 1.807) is 23.1 Å². The highest BCUT2D eigenvalue weighted by Crippen LogP contribution is 2.36. The van der Waals surface area contributed by atoms with Crippen molar-refractivity contribution in [2.75, 3.05) is 24.5 Å². The predicted molar refractivity (Wildman–Crippen MR) is 109 cm³/mol. The van der Waals surface area contributed by atoms with Crippen LogP contribution in [0.5, 0.6) is 0 Å². The van der Waals surface area contributed by atoms with Crippen molar-refractivity contribution in [1.29, 1.82) is 0 Å². The van der Waals surface area contributed by atoms with E-state index < -0.39 is 11.4 Å². The van der Waals surface area contributed by atoms with Gasteiger partial charge in [-0.25, -0.2) is 13.8 Å². The van der Waals surface area contributed by atoms with E-state index in [1.165, 1.54) is 22.8 Å². The Morgan fingerprint density at radius 1 is 1.10 bits per heavy atom. The van der Waals surface area contributed by atoms with Crippen LogP contribution in [0.4, 0.5) is 14.6 Å². The molecule has 2 aromatic heterocycles. The Morgan fingerprint density at radius 3 is 2.58 bits per heavy atom. The molecule has 2 saturated heterocycles. The van der Waals surface area contributed by atoms with Crippen molar-refractivity contribution in [3.05, 3.63) is 59.9 Å². The number of carbonyl (C=O) groups is 1. The summed E-state index contributed by atoms with van der Waals surface area (Å²) < 4.78 is 28.6. The van der Waals surface area contributed by atoms with E-state index in [4.69, 9.17) is 0 Å². The van der Waals surface area contributed by atoms with Gasteiger partial charge in [0.25, 0.3) is 5.91 Å². The maximum atomic E-state index is 13.8. The molecule has 1 aromatic carbocycles. The first-order valence-corrected chi connectivity index (χ1v) is 10.5. The third-order valence-corrected chi connectivity index (χ3v) is 6.42. The number of likely N-dealkylation sites (tertiary alicyclic amines) is 1. The van der Waals surface area contributed by atoms with Crippen LogP contribution in [0.1, 0.15) is 37.3 Å². The summed E-state index contributed by atoms with van der Waals surface area (Å²) in [4.78, 5) is 21.1. The number of hydrogen-bond donors (Lipinski definition) is 1. The van der Waals surface area contributed by atoms with Gasteiger partial charge in [-0.05, 0) is 36.6 Å². The largest absolute Gasteiger partial charge is 0.380 e. The first-order chi connectivity index (χ1) is 15.0. The Kier molecular flexibility index (Phi) is 4.85. The van der Waals surface area contributed by atoms with Crippen molar-refractivity contribution in [3.8, 4) is 0 Å². The molecule has 7 nitrogen and oxygen atoms in total. The van der Waals surface area contributed by atoms with Gasteiger partial charge in [0, 0.05) is 38.7 Å². The van der Waals surface area contributed by atoms with Gasteiger partial charge in [0.2, 0.25) is 0 Å². The Hall–Kier alpha value is -3.07. The number of fused-ring (bicyclic) bond motifs is 1. The molecule has 1 N–H and O–H groups in total. The molecular weight excluding hydrogens is 404 g/mol. The molecule has 1 amide bonds. The topological polar surface area (TPSA) is 74.0 Å². The molecule has 9 heteroatoms. The van der Waals surface area contributed by atoms with Crippen LogP contribution in [-0.2, 0) is 4.79 Å². The molecule has 0 saturated carbocycles. The summed E-state index contributed by atoms with van der Waals surface area (Å²) in [5.41, 5.74) is -0.428. The third-order valence-electron chi connectivity index (χ3n) is 6.42. The lowest BCUT2D eigenvalue weighted by Gasteiger charge is -2.41. The third kappa shape index (κ3) is 3.42. The number of carbonyl (C=O) groups excluding carboxylic acids is 1. The zero-order valence-corrected chi connectivity index (χ0v) is 16.9. The van der Waals surface area contributed by atoms with Gasteiger partial charge >= 0.3 is 0 Å². The number of nitrogens with zero attached hydrogens (tertiary/aromatic N) is 5. The SMILES string of the molecule is O=C(N1CCC[C@H]1c1ccc(F)cc1)C1(O)CCN(c2ccnc3c(F)cnn23)CC1. The van der Waals surface area contributed by atoms with E-state index in [1.807, 2.05) is 4.90 Å². The Balaban J connectivity index is 1.32. The number of benzene rings is 1. The number of hydrogen-bond acceptors (Lipinski definition) is 5. The van der Waals surface area contributed by atoms with Crippen molar-refractivity contribution < 1.29 is 18.7 Å². The highest BCUT2D eigenvalue weighted by atomic mass is 19.1. The number of anilines is 1. The van der Waals surface area contributed by atoms with E-state index in [0.29, 0.717) is 25.5 Å². The Labute approximate surface area is 177 Å². The highest BCUT2D eigenvalue weighted by Gasteiger charge is 2.45. The minimum Gasteiger partial charge on any atom is -0.380 e. The molecule has 5 rings (SSSR count). The molecule has 2 aliphatic heterocycles. The lowest BCUT2D eigenvalue weighted by atomic mass is 9.89. The minimum atomic E-state index is -1.46. The van der Waals surface area contributed by atoms with Gasteiger partial charge < -0.3 is 14.9 Å². The van der Waals surface area contributed by atoms with Crippen LogP contribution in [0, 0.1) is 11.6 Å². The summed E-state index contributed by atoms with van der Waals surface area (Å²) in [5.74, 6) is -0.405. The van der Waals surface area contributed by atoms with Crippen molar-refractivity contribution in [2.24, 2.45) is 0 Å². The molecule has 0 radical (unpaired) electrons. The second-order valence-corrected chi connectivity index (χ2v) is 8.26. The monoisotopic (exact) mass is 427 g/mol. The lowest BCUT2D eigenvalue weighted by molar-refractivity contribution is -0.154. The zero-order chi connectivity index (χ0) is 21.6. The molecular formula is C22H23F2N5O2. The van der Waals surface area contributed by atoms with Crippen molar-refractivity contribution >= 4 is 17.4 Å². The molecule has 0 unspecified atom stereocenters. The van der Waals surface area contributed by atoms with Gasteiger partial charge in [0.05, 0.1) is 12.2 Å². The quantitative estimate of drug-likeness (QED) is 0.696. The first-order valence-electron chi connectivity index (χ1n) is 10.5. The molecule has 2 aliphatic rings. The van der Waals surface area contributed by atoms with Gasteiger partial charge in [-0.15, -0.1) is 0 Å². The van der Waals surface area contributed by atoms with Gasteiger partial charge in [-0.2, -0.15) is 9.61 Å². The molecule has 3 aromatic rings. The van der Waals surface area contributed by atoms with Crippen LogP contribution in [0.15, 0.2) is 42.7 Å². The van der Waals surface area contributed by atoms with Crippen LogP contribution >= 0.6 is 0 Å². The maximum absolute atomic E-state index is 13.8. The standard InChI is InChI=1S/C22H23F2N5O2/c23-16-5-3-15(4-6-16)18-2-1-11-28(18)21(30)22(31)8-12-27(13-9-22)19-7-10-25-20-17(24)14-26-29(19)20/h3-7,10,14,18,31H,1-2,8-9,11-13H2/t18-/m0/s1. The highest BCUT2D eigenvalue weighted by molar-refractivity contribution is 5.86. The molecule has 4 heterocycles. The Morgan fingerprint density at radius 2 is 1.84 bits per heavy atom. The normalized spacial score (nSPS) is 21.1. The molecule has 0 aliphatic carbocycles. The van der Waals surface area contributed by atoms with Crippen LogP contribution in [0.2, 0.25) is 0 Å². The average molecular weight is 427 g/mol. The summed E-state index contributed by atoms with van der Waals surface area (Å²) in [5, 5.41) is 15.3. The fourth-order valence-electron chi connectivity index (χ4n) is 4.72. The van der Waals surface area contributed by atoms with E-state index in [2.05, 4.69) is 10.1 Å². The first kappa shape index (κ1) is 19.9. The number of piperidine rings is 1. The van der Waals surface area contributed by atoms with Gasteiger partial charge in [0.15, 0.2) is 11.5 Å². The fraction of sp³-hybridized carbons (Fsp3) is 0.409. The number of aromatic nitrogens is 3. The number of amides is 1. The molecule has 162 valence electrons. The summed E-state index contributed by atoms with van der Waals surface area (Å²) >= 11 is 0. The maximum Gasteiger partial charge on any atom is 0.255 e. The van der Waals surface area contributed by atoms with Crippen LogP contribution < -0.4 is 4.90 Å². The second kappa shape index (κ2) is 7.56. The van der Waals surface area contributed by atoms with Crippen LogP contribution in [0.3, 0.4) is 0 Å². The van der Waals surface area contributed by atoms with Crippen molar-refractivity contribution in [1.82, 2.24) is 19.5 Å². The van der Waals surface area contributed by atoms with Gasteiger partial charge in [-0.3, -0.25) is 4.79 Å². The van der Waals surface area contributed by atoms with E-state index in [0.717, 1.165) is 24.6 Å². The molecule has 0 spiro atoms. The molecule has 31 heavy (non-hydrogen) atoms. The summed E-state index contributed by atoms with van der Waals surface area (Å²) in [7, 11) is 0. The summed E-state index contributed by atoms with van der Waals surface area (Å²) in [6, 6.07) is 7.80. The van der Waals surface area contributed by atoms with E-state index in [9.17, 15) is 18.7 Å². The fourth-order valence-corrected chi connectivity index (χ4v) is 4.72. The van der Waals surface area contributed by atoms with E-state index in [-0.39, 0.29) is 36.3 Å². The number of halogens is 2. The van der Waals surface area contributed by atoms with E-state index >= 15 is 0 Å². The van der Waals surface area contributed by atoms with Crippen molar-refractivity contribution in [3.63, 3.8) is 0 Å². The Bertz CT molecular complexity index is 1110.